The van der Waals surface area contributed by atoms with E-state index in [1.165, 1.54) is 0 Å². The van der Waals surface area contributed by atoms with Gasteiger partial charge in [-0.05, 0) is 93.0 Å². The molecule has 9 heteroatoms. The van der Waals surface area contributed by atoms with Gasteiger partial charge in [-0.15, -0.1) is 0 Å². The van der Waals surface area contributed by atoms with Gasteiger partial charge in [0.05, 0.1) is 29.0 Å². The van der Waals surface area contributed by atoms with Gasteiger partial charge in [0.25, 0.3) is 0 Å². The van der Waals surface area contributed by atoms with Crippen LogP contribution in [0.4, 0.5) is 5.69 Å². The molecule has 1 fully saturated rings. The van der Waals surface area contributed by atoms with E-state index in [9.17, 15) is 14.7 Å². The van der Waals surface area contributed by atoms with Gasteiger partial charge in [-0.2, -0.15) is 0 Å². The highest BCUT2D eigenvalue weighted by Gasteiger charge is 2.41. The number of nitrogens with zero attached hydrogens (tertiary/aromatic N) is 3. The summed E-state index contributed by atoms with van der Waals surface area (Å²) in [5.74, 6) is -1.08. The van der Waals surface area contributed by atoms with Crippen LogP contribution >= 0.6 is 12.2 Å². The van der Waals surface area contributed by atoms with Crippen molar-refractivity contribution in [2.75, 3.05) is 11.9 Å². The van der Waals surface area contributed by atoms with E-state index >= 15 is 0 Å². The molecule has 0 saturated carbocycles. The summed E-state index contributed by atoms with van der Waals surface area (Å²) < 4.78 is 1.97. The Morgan fingerprint density at radius 1 is 1.02 bits per heavy atom. The van der Waals surface area contributed by atoms with E-state index in [2.05, 4.69) is 21.7 Å². The molecule has 1 amide bonds. The number of thiocarbonyl (C=S) groups is 1. The Kier molecular flexibility index (Phi) is 7.90. The van der Waals surface area contributed by atoms with Crippen molar-refractivity contribution in [1.82, 2.24) is 19.8 Å². The minimum atomic E-state index is -0.985. The molecule has 1 aliphatic rings. The first-order valence-electron chi connectivity index (χ1n) is 13.5. The van der Waals surface area contributed by atoms with Crippen molar-refractivity contribution >= 4 is 34.9 Å². The number of carbonyl (C=O) groups excluding carboxylic acids is 1. The molecular formula is C32H33N5O3S. The summed E-state index contributed by atoms with van der Waals surface area (Å²) in [5, 5.41) is 16.9. The fourth-order valence-corrected chi connectivity index (χ4v) is 5.93. The standard InChI is InChI=1S/C32H33N5O3S/c1-19-12-13-20(2)26(17-19)34-28(38)14-16-36-30(29(35-32(36)41)25-10-7-8-15-33-25)24-18-21(3)37(22(24)4)27-11-6-5-9-23(27)31(39)40/h5-13,15,17-18,29-30H,14,16H2,1-4H3,(H,34,38)(H,35,41)(H,39,40). The van der Waals surface area contributed by atoms with E-state index in [1.54, 1.807) is 18.3 Å². The Bertz CT molecular complexity index is 1630. The summed E-state index contributed by atoms with van der Waals surface area (Å²) in [6.07, 6.45) is 1.99. The van der Waals surface area contributed by atoms with Crippen LogP contribution in [-0.2, 0) is 4.79 Å². The lowest BCUT2D eigenvalue weighted by Gasteiger charge is -2.28. The van der Waals surface area contributed by atoms with Crippen molar-refractivity contribution in [2.45, 2.75) is 46.2 Å². The molecule has 2 unspecified atom stereocenters. The van der Waals surface area contributed by atoms with Crippen molar-refractivity contribution in [2.24, 2.45) is 0 Å². The molecule has 5 rings (SSSR count). The number of amides is 1. The fraction of sp³-hybridized carbons (Fsp3) is 0.250. The zero-order valence-electron chi connectivity index (χ0n) is 23.5. The molecule has 0 radical (unpaired) electrons. The van der Waals surface area contributed by atoms with Crippen molar-refractivity contribution in [3.8, 4) is 5.69 Å². The number of rotatable bonds is 8. The number of carboxylic acid groups (broad SMARTS) is 1. The van der Waals surface area contributed by atoms with E-state index in [0.29, 0.717) is 17.3 Å². The number of carbonyl (C=O) groups is 2. The number of carboxylic acids is 1. The van der Waals surface area contributed by atoms with Gasteiger partial charge in [-0.3, -0.25) is 9.78 Å². The maximum atomic E-state index is 13.1. The molecule has 1 aliphatic heterocycles. The number of aromatic carboxylic acids is 1. The van der Waals surface area contributed by atoms with Gasteiger partial charge >= 0.3 is 5.97 Å². The van der Waals surface area contributed by atoms with E-state index in [4.69, 9.17) is 12.2 Å². The van der Waals surface area contributed by atoms with Crippen LogP contribution in [0, 0.1) is 27.7 Å². The van der Waals surface area contributed by atoms with E-state index in [1.807, 2.05) is 85.7 Å². The zero-order chi connectivity index (χ0) is 29.3. The molecule has 0 bridgehead atoms. The number of pyridine rings is 1. The minimum absolute atomic E-state index is 0.0950. The molecule has 2 aromatic carbocycles. The number of benzene rings is 2. The first kappa shape index (κ1) is 28.0. The molecule has 210 valence electrons. The second kappa shape index (κ2) is 11.5. The maximum Gasteiger partial charge on any atom is 0.337 e. The van der Waals surface area contributed by atoms with Crippen LogP contribution in [0.5, 0.6) is 0 Å². The second-order valence-corrected chi connectivity index (χ2v) is 10.8. The SMILES string of the molecule is Cc1ccc(C)c(NC(=O)CCN2C(=S)NC(c3ccccn3)C2c2cc(C)n(-c3ccccc3C(=O)O)c2C)c1. The number of nitrogens with one attached hydrogen (secondary N) is 2. The molecule has 4 aromatic rings. The van der Waals surface area contributed by atoms with Crippen LogP contribution in [0.15, 0.2) is 72.9 Å². The Hall–Kier alpha value is -4.50. The Morgan fingerprint density at radius 2 is 1.78 bits per heavy atom. The normalized spacial score (nSPS) is 16.5. The molecule has 41 heavy (non-hydrogen) atoms. The zero-order valence-corrected chi connectivity index (χ0v) is 24.3. The summed E-state index contributed by atoms with van der Waals surface area (Å²) in [7, 11) is 0. The average molecular weight is 568 g/mol. The van der Waals surface area contributed by atoms with Crippen molar-refractivity contribution in [1.29, 1.82) is 0 Å². The summed E-state index contributed by atoms with van der Waals surface area (Å²) in [6, 6.07) is 20.3. The van der Waals surface area contributed by atoms with Crippen LogP contribution < -0.4 is 10.6 Å². The Morgan fingerprint density at radius 3 is 2.51 bits per heavy atom. The van der Waals surface area contributed by atoms with E-state index < -0.39 is 5.97 Å². The molecule has 0 aliphatic carbocycles. The van der Waals surface area contributed by atoms with Gasteiger partial charge in [0, 0.05) is 36.2 Å². The van der Waals surface area contributed by atoms with Gasteiger partial charge in [-0.1, -0.05) is 30.3 Å². The highest BCUT2D eigenvalue weighted by molar-refractivity contribution is 7.80. The summed E-state index contributed by atoms with van der Waals surface area (Å²) >= 11 is 5.82. The maximum absolute atomic E-state index is 13.1. The number of aromatic nitrogens is 2. The fourth-order valence-electron chi connectivity index (χ4n) is 5.60. The summed E-state index contributed by atoms with van der Waals surface area (Å²) in [6.45, 7) is 8.32. The predicted molar refractivity (Wildman–Crippen MR) is 164 cm³/mol. The largest absolute Gasteiger partial charge is 0.478 e. The molecule has 2 aromatic heterocycles. The van der Waals surface area contributed by atoms with Gasteiger partial charge in [0.15, 0.2) is 5.11 Å². The van der Waals surface area contributed by atoms with Crippen molar-refractivity contribution < 1.29 is 14.7 Å². The van der Waals surface area contributed by atoms with Crippen LogP contribution in [0.25, 0.3) is 5.69 Å². The van der Waals surface area contributed by atoms with E-state index in [0.717, 1.165) is 39.5 Å². The monoisotopic (exact) mass is 567 g/mol. The third kappa shape index (κ3) is 5.58. The Labute approximate surface area is 245 Å². The summed E-state index contributed by atoms with van der Waals surface area (Å²) in [5.41, 5.74) is 7.33. The molecule has 3 N–H and O–H groups in total. The topological polar surface area (TPSA) is 99.5 Å². The first-order valence-corrected chi connectivity index (χ1v) is 13.9. The van der Waals surface area contributed by atoms with Gasteiger partial charge in [0.2, 0.25) is 5.91 Å². The third-order valence-electron chi connectivity index (χ3n) is 7.61. The first-order chi connectivity index (χ1) is 19.7. The number of hydrogen-bond acceptors (Lipinski definition) is 4. The smallest absolute Gasteiger partial charge is 0.337 e. The predicted octanol–water partition coefficient (Wildman–Crippen LogP) is 5.81. The van der Waals surface area contributed by atoms with Gasteiger partial charge in [-0.25, -0.2) is 4.79 Å². The van der Waals surface area contributed by atoms with E-state index in [-0.39, 0.29) is 30.0 Å². The van der Waals surface area contributed by atoms with Crippen molar-refractivity contribution in [3.63, 3.8) is 0 Å². The van der Waals surface area contributed by atoms with Gasteiger partial charge < -0.3 is 25.2 Å². The second-order valence-electron chi connectivity index (χ2n) is 10.4. The van der Waals surface area contributed by atoms with Crippen molar-refractivity contribution in [3.05, 3.63) is 112 Å². The Balaban J connectivity index is 1.50. The number of para-hydroxylation sites is 1. The molecule has 3 heterocycles. The number of hydrogen-bond donors (Lipinski definition) is 3. The molecule has 1 saturated heterocycles. The van der Waals surface area contributed by atoms with Crippen LogP contribution in [0.1, 0.15) is 62.6 Å². The lowest BCUT2D eigenvalue weighted by Crippen LogP contribution is -2.33. The number of aryl methyl sites for hydroxylation is 3. The quantitative estimate of drug-likeness (QED) is 0.231. The molecule has 0 spiro atoms. The highest BCUT2D eigenvalue weighted by Crippen LogP contribution is 2.41. The summed E-state index contributed by atoms with van der Waals surface area (Å²) in [4.78, 5) is 31.8. The molecular weight excluding hydrogens is 534 g/mol. The highest BCUT2D eigenvalue weighted by atomic mass is 32.1. The van der Waals surface area contributed by atoms with Crippen LogP contribution in [0.3, 0.4) is 0 Å². The van der Waals surface area contributed by atoms with Crippen LogP contribution in [0.2, 0.25) is 0 Å². The third-order valence-corrected chi connectivity index (χ3v) is 7.96. The van der Waals surface area contributed by atoms with Gasteiger partial charge in [0.1, 0.15) is 0 Å². The lowest BCUT2D eigenvalue weighted by atomic mass is 9.96. The van der Waals surface area contributed by atoms with Crippen LogP contribution in [-0.4, -0.2) is 43.1 Å². The number of anilines is 1. The molecule has 2 atom stereocenters. The average Bonchev–Trinajstić information content (AvgIpc) is 3.44. The minimum Gasteiger partial charge on any atom is -0.478 e. The lowest BCUT2D eigenvalue weighted by molar-refractivity contribution is -0.116. The molecule has 8 nitrogen and oxygen atoms in total.